The number of thiophene rings is 1. The Morgan fingerprint density at radius 2 is 2.00 bits per heavy atom. The van der Waals surface area contributed by atoms with Crippen LogP contribution in [0.3, 0.4) is 0 Å². The van der Waals surface area contributed by atoms with E-state index in [4.69, 9.17) is 0 Å². The van der Waals surface area contributed by atoms with E-state index in [0.29, 0.717) is 6.04 Å². The highest BCUT2D eigenvalue weighted by atomic mass is 79.9. The average Bonchev–Trinajstić information content (AvgIpc) is 2.80. The van der Waals surface area contributed by atoms with Crippen LogP contribution >= 0.6 is 27.3 Å². The first-order valence-electron chi connectivity index (χ1n) is 5.34. The number of rotatable bonds is 4. The quantitative estimate of drug-likeness (QED) is 0.830. The van der Waals surface area contributed by atoms with E-state index in [1.807, 2.05) is 0 Å². The molecule has 1 aromatic heterocycles. The van der Waals surface area contributed by atoms with Gasteiger partial charge in [-0.15, -0.1) is 0 Å². The first-order chi connectivity index (χ1) is 7.79. The third kappa shape index (κ3) is 2.86. The molecule has 1 nitrogen and oxygen atoms in total. The summed E-state index contributed by atoms with van der Waals surface area (Å²) in [6.07, 6.45) is 1.08. The number of halogens is 1. The fourth-order valence-corrected chi connectivity index (χ4v) is 2.53. The molecule has 84 valence electrons. The minimum atomic E-state index is 0.391. The molecule has 0 radical (unpaired) electrons. The van der Waals surface area contributed by atoms with Gasteiger partial charge in [-0.3, -0.25) is 0 Å². The van der Waals surface area contributed by atoms with Gasteiger partial charge in [-0.05, 0) is 35.6 Å². The van der Waals surface area contributed by atoms with Gasteiger partial charge in [0.2, 0.25) is 0 Å². The molecule has 2 rings (SSSR count). The van der Waals surface area contributed by atoms with Crippen molar-refractivity contribution >= 4 is 33.0 Å². The number of benzene rings is 1. The van der Waals surface area contributed by atoms with Crippen molar-refractivity contribution in [1.82, 2.24) is 0 Å². The summed E-state index contributed by atoms with van der Waals surface area (Å²) in [6, 6.07) is 11.0. The summed E-state index contributed by atoms with van der Waals surface area (Å²) in [5.74, 6) is 0. The van der Waals surface area contributed by atoms with Gasteiger partial charge in [-0.1, -0.05) is 35.0 Å². The second-order valence-corrected chi connectivity index (χ2v) is 5.36. The van der Waals surface area contributed by atoms with Gasteiger partial charge in [-0.25, -0.2) is 0 Å². The van der Waals surface area contributed by atoms with Gasteiger partial charge in [0.05, 0.1) is 6.04 Å². The Morgan fingerprint density at radius 3 is 2.56 bits per heavy atom. The van der Waals surface area contributed by atoms with Gasteiger partial charge in [0.1, 0.15) is 0 Å². The van der Waals surface area contributed by atoms with E-state index < -0.39 is 0 Å². The van der Waals surface area contributed by atoms with E-state index >= 15 is 0 Å². The number of hydrogen-bond donors (Lipinski definition) is 1. The lowest BCUT2D eigenvalue weighted by Crippen LogP contribution is -2.08. The van der Waals surface area contributed by atoms with Crippen molar-refractivity contribution in [3.8, 4) is 0 Å². The van der Waals surface area contributed by atoms with Crippen LogP contribution in [0.5, 0.6) is 0 Å². The highest BCUT2D eigenvalue weighted by molar-refractivity contribution is 9.10. The van der Waals surface area contributed by atoms with Gasteiger partial charge in [0.25, 0.3) is 0 Å². The van der Waals surface area contributed by atoms with Crippen LogP contribution < -0.4 is 5.32 Å². The number of nitrogens with one attached hydrogen (secondary N) is 1. The third-order valence-electron chi connectivity index (χ3n) is 2.54. The van der Waals surface area contributed by atoms with Gasteiger partial charge in [0, 0.05) is 15.5 Å². The van der Waals surface area contributed by atoms with Crippen molar-refractivity contribution in [1.29, 1.82) is 0 Å². The summed E-state index contributed by atoms with van der Waals surface area (Å²) < 4.78 is 1.13. The summed E-state index contributed by atoms with van der Waals surface area (Å²) in [4.78, 5) is 0. The largest absolute Gasteiger partial charge is 0.378 e. The SMILES string of the molecule is CCC(Nc1ccsc1)c1ccc(Br)cc1. The van der Waals surface area contributed by atoms with Gasteiger partial charge >= 0.3 is 0 Å². The van der Waals surface area contributed by atoms with E-state index in [-0.39, 0.29) is 0 Å². The second-order valence-electron chi connectivity index (χ2n) is 3.67. The molecule has 0 fully saturated rings. The summed E-state index contributed by atoms with van der Waals surface area (Å²) in [5.41, 5.74) is 2.54. The van der Waals surface area contributed by atoms with Gasteiger partial charge in [-0.2, -0.15) is 11.3 Å². The van der Waals surface area contributed by atoms with Crippen LogP contribution in [0, 0.1) is 0 Å². The summed E-state index contributed by atoms with van der Waals surface area (Å²) in [7, 11) is 0. The van der Waals surface area contributed by atoms with Crippen molar-refractivity contribution in [3.63, 3.8) is 0 Å². The molecule has 3 heteroatoms. The molecule has 0 saturated carbocycles. The lowest BCUT2D eigenvalue weighted by Gasteiger charge is -2.17. The van der Waals surface area contributed by atoms with Crippen molar-refractivity contribution in [2.75, 3.05) is 5.32 Å². The summed E-state index contributed by atoms with van der Waals surface area (Å²) in [5, 5.41) is 7.77. The Morgan fingerprint density at radius 1 is 1.25 bits per heavy atom. The molecule has 1 heterocycles. The maximum absolute atomic E-state index is 3.54. The predicted octanol–water partition coefficient (Wildman–Crippen LogP) is 5.07. The Balaban J connectivity index is 2.13. The van der Waals surface area contributed by atoms with Crippen LogP contribution in [0.25, 0.3) is 0 Å². The molecule has 1 aromatic carbocycles. The first kappa shape index (κ1) is 11.7. The Kier molecular flexibility index (Phi) is 4.02. The van der Waals surface area contributed by atoms with Crippen LogP contribution in [0.1, 0.15) is 24.9 Å². The third-order valence-corrected chi connectivity index (χ3v) is 3.75. The Labute approximate surface area is 109 Å². The molecule has 1 N–H and O–H groups in total. The fourth-order valence-electron chi connectivity index (χ4n) is 1.66. The molecule has 0 aliphatic rings. The molecule has 0 aliphatic heterocycles. The summed E-state index contributed by atoms with van der Waals surface area (Å²) >= 11 is 5.18. The Hall–Kier alpha value is -0.800. The molecular weight excluding hydrogens is 282 g/mol. The van der Waals surface area contributed by atoms with Crippen molar-refractivity contribution in [3.05, 3.63) is 51.1 Å². The topological polar surface area (TPSA) is 12.0 Å². The molecule has 0 bridgehead atoms. The zero-order valence-electron chi connectivity index (χ0n) is 9.11. The molecule has 0 amide bonds. The highest BCUT2D eigenvalue weighted by Gasteiger charge is 2.08. The molecule has 16 heavy (non-hydrogen) atoms. The lowest BCUT2D eigenvalue weighted by molar-refractivity contribution is 0.750. The normalized spacial score (nSPS) is 12.4. The van der Waals surface area contributed by atoms with Crippen molar-refractivity contribution in [2.24, 2.45) is 0 Å². The molecule has 0 spiro atoms. The van der Waals surface area contributed by atoms with Crippen molar-refractivity contribution in [2.45, 2.75) is 19.4 Å². The number of hydrogen-bond acceptors (Lipinski definition) is 2. The Bertz CT molecular complexity index is 422. The van der Waals surface area contributed by atoms with Crippen LogP contribution in [-0.4, -0.2) is 0 Å². The van der Waals surface area contributed by atoms with Crippen LogP contribution in [0.15, 0.2) is 45.6 Å². The molecular formula is C13H14BrNS. The zero-order chi connectivity index (χ0) is 11.4. The smallest absolute Gasteiger partial charge is 0.0511 e. The van der Waals surface area contributed by atoms with E-state index in [1.54, 1.807) is 11.3 Å². The standard InChI is InChI=1S/C13H14BrNS/c1-2-13(15-12-7-8-16-9-12)10-3-5-11(14)6-4-10/h3-9,13,15H,2H2,1H3. The lowest BCUT2D eigenvalue weighted by atomic mass is 10.0. The average molecular weight is 296 g/mol. The van der Waals surface area contributed by atoms with E-state index in [0.717, 1.165) is 10.9 Å². The molecule has 2 aromatic rings. The van der Waals surface area contributed by atoms with Crippen molar-refractivity contribution < 1.29 is 0 Å². The van der Waals surface area contributed by atoms with Gasteiger partial charge in [0.15, 0.2) is 0 Å². The molecule has 1 unspecified atom stereocenters. The first-order valence-corrected chi connectivity index (χ1v) is 7.07. The highest BCUT2D eigenvalue weighted by Crippen LogP contribution is 2.25. The van der Waals surface area contributed by atoms with Crippen LogP contribution in [0.4, 0.5) is 5.69 Å². The van der Waals surface area contributed by atoms with Crippen LogP contribution in [0.2, 0.25) is 0 Å². The minimum Gasteiger partial charge on any atom is -0.378 e. The minimum absolute atomic E-state index is 0.391. The summed E-state index contributed by atoms with van der Waals surface area (Å²) in [6.45, 7) is 2.20. The molecule has 0 aliphatic carbocycles. The molecule has 1 atom stereocenters. The van der Waals surface area contributed by atoms with Gasteiger partial charge < -0.3 is 5.32 Å². The number of anilines is 1. The van der Waals surface area contributed by atoms with E-state index in [2.05, 4.69) is 69.3 Å². The van der Waals surface area contributed by atoms with E-state index in [9.17, 15) is 0 Å². The zero-order valence-corrected chi connectivity index (χ0v) is 11.5. The predicted molar refractivity (Wildman–Crippen MR) is 75.1 cm³/mol. The monoisotopic (exact) mass is 295 g/mol. The second kappa shape index (κ2) is 5.51. The van der Waals surface area contributed by atoms with E-state index in [1.165, 1.54) is 11.3 Å². The maximum Gasteiger partial charge on any atom is 0.0511 e. The molecule has 0 saturated heterocycles. The fraction of sp³-hybridized carbons (Fsp3) is 0.231. The van der Waals surface area contributed by atoms with Crippen LogP contribution in [-0.2, 0) is 0 Å². The maximum atomic E-state index is 3.54.